The molecule has 2 heterocycles. The fourth-order valence-corrected chi connectivity index (χ4v) is 6.56. The van der Waals surface area contributed by atoms with Gasteiger partial charge in [0.1, 0.15) is 18.5 Å². The van der Waals surface area contributed by atoms with Crippen LogP contribution in [0.2, 0.25) is 0 Å². The lowest BCUT2D eigenvalue weighted by Crippen LogP contribution is -2.32. The summed E-state index contributed by atoms with van der Waals surface area (Å²) in [6.07, 6.45) is 4.23. The van der Waals surface area contributed by atoms with Crippen molar-refractivity contribution in [2.45, 2.75) is 68.2 Å². The Hall–Kier alpha value is -3.39. The van der Waals surface area contributed by atoms with E-state index < -0.39 is 0 Å². The fourth-order valence-electron chi connectivity index (χ4n) is 6.56. The Kier molecular flexibility index (Phi) is 5.44. The number of pyridine rings is 1. The van der Waals surface area contributed by atoms with E-state index in [2.05, 4.69) is 122 Å². The molecule has 1 aliphatic rings. The van der Waals surface area contributed by atoms with Crippen molar-refractivity contribution in [2.24, 2.45) is 17.9 Å². The lowest BCUT2D eigenvalue weighted by Gasteiger charge is -2.29. The summed E-state index contributed by atoms with van der Waals surface area (Å²) in [5.41, 5.74) is 8.22. The summed E-state index contributed by atoms with van der Waals surface area (Å²) in [4.78, 5) is 0. The van der Waals surface area contributed by atoms with Gasteiger partial charge in [0, 0.05) is 22.4 Å². The maximum Gasteiger partial charge on any atom is 0.228 e. The summed E-state index contributed by atoms with van der Waals surface area (Å²) in [6, 6.07) is 18.1. The molecule has 38 heavy (non-hydrogen) atoms. The van der Waals surface area contributed by atoms with Crippen molar-refractivity contribution in [1.29, 1.82) is 0 Å². The zero-order chi connectivity index (χ0) is 27.1. The minimum Gasteiger partial charge on any atom is -0.455 e. The van der Waals surface area contributed by atoms with Crippen LogP contribution in [0.5, 0.6) is 11.5 Å². The lowest BCUT2D eigenvalue weighted by atomic mass is 9.80. The number of benzene rings is 4. The van der Waals surface area contributed by atoms with Crippen LogP contribution in [0.15, 0.2) is 54.7 Å². The maximum atomic E-state index is 7.14. The zero-order valence-corrected chi connectivity index (χ0v) is 24.5. The van der Waals surface area contributed by atoms with Crippen molar-refractivity contribution in [3.8, 4) is 22.8 Å². The summed E-state index contributed by atoms with van der Waals surface area (Å²) in [5.74, 6) is 2.04. The highest BCUT2D eigenvalue weighted by atomic mass is 16.5. The van der Waals surface area contributed by atoms with Crippen molar-refractivity contribution in [3.63, 3.8) is 0 Å². The Morgan fingerprint density at radius 2 is 1.37 bits per heavy atom. The van der Waals surface area contributed by atoms with Gasteiger partial charge in [0.25, 0.3) is 0 Å². The molecule has 6 rings (SSSR count). The monoisotopic (exact) mass is 502 g/mol. The first-order valence-electron chi connectivity index (χ1n) is 13.9. The summed E-state index contributed by atoms with van der Waals surface area (Å²) in [5, 5.41) is 7.63. The molecule has 1 aliphatic heterocycles. The first-order valence-corrected chi connectivity index (χ1v) is 13.9. The van der Waals surface area contributed by atoms with Crippen molar-refractivity contribution in [3.05, 3.63) is 77.0 Å². The topological polar surface area (TPSA) is 13.1 Å². The van der Waals surface area contributed by atoms with Gasteiger partial charge in [0.15, 0.2) is 6.20 Å². The number of fused-ring (bicyclic) bond motifs is 5. The molecule has 0 saturated heterocycles. The number of hydrogen-bond acceptors (Lipinski definition) is 1. The quantitative estimate of drug-likeness (QED) is 0.170. The minimum atomic E-state index is 0.118. The molecule has 194 valence electrons. The van der Waals surface area contributed by atoms with E-state index >= 15 is 0 Å². The third kappa shape index (κ3) is 3.88. The summed E-state index contributed by atoms with van der Waals surface area (Å²) >= 11 is 0. The first-order chi connectivity index (χ1) is 17.8. The van der Waals surface area contributed by atoms with Gasteiger partial charge < -0.3 is 4.74 Å². The third-order valence-corrected chi connectivity index (χ3v) is 8.10. The molecular formula is C36H40NO+. The van der Waals surface area contributed by atoms with E-state index in [-0.39, 0.29) is 10.8 Å². The molecule has 0 aliphatic carbocycles. The van der Waals surface area contributed by atoms with E-state index in [0.717, 1.165) is 24.3 Å². The highest BCUT2D eigenvalue weighted by molar-refractivity contribution is 6.15. The molecule has 0 amide bonds. The SMILES string of the molecule is Cc1c2c(c(CC(C)(C)C)c3ccc(CC(C)(C)C)cc13)Oc1c3ccccc3c(C)c3cc[n+](C)c-2c13. The number of nitrogens with zero attached hydrogens (tertiary/aromatic N) is 1. The van der Waals surface area contributed by atoms with Crippen molar-refractivity contribution in [2.75, 3.05) is 0 Å². The van der Waals surface area contributed by atoms with Gasteiger partial charge in [-0.2, -0.15) is 0 Å². The van der Waals surface area contributed by atoms with Crippen LogP contribution in [0, 0.1) is 24.7 Å². The third-order valence-electron chi connectivity index (χ3n) is 8.10. The number of aryl methyl sites for hydroxylation is 3. The summed E-state index contributed by atoms with van der Waals surface area (Å²) < 4.78 is 9.44. The van der Waals surface area contributed by atoms with Crippen LogP contribution < -0.4 is 9.30 Å². The fraction of sp³-hybridized carbons (Fsp3) is 0.361. The molecule has 2 heteroatoms. The number of rotatable bonds is 2. The van der Waals surface area contributed by atoms with Crippen LogP contribution >= 0.6 is 0 Å². The molecule has 0 N–H and O–H groups in total. The molecule has 5 aromatic rings. The van der Waals surface area contributed by atoms with Crippen LogP contribution in [0.1, 0.15) is 63.8 Å². The van der Waals surface area contributed by atoms with Gasteiger partial charge in [0.2, 0.25) is 5.69 Å². The number of ether oxygens (including phenoxy) is 1. The van der Waals surface area contributed by atoms with Gasteiger partial charge in [-0.3, -0.25) is 0 Å². The van der Waals surface area contributed by atoms with Gasteiger partial charge in [-0.1, -0.05) is 84.0 Å². The predicted octanol–water partition coefficient (Wildman–Crippen LogP) is 9.54. The Labute approximate surface area is 227 Å². The summed E-state index contributed by atoms with van der Waals surface area (Å²) in [7, 11) is 2.18. The second-order valence-corrected chi connectivity index (χ2v) is 13.8. The molecule has 0 unspecified atom stereocenters. The highest BCUT2D eigenvalue weighted by Gasteiger charge is 2.35. The van der Waals surface area contributed by atoms with Crippen LogP contribution in [0.3, 0.4) is 0 Å². The standard InChI is InChI=1S/C36H40NO/c1-21-24-12-10-11-13-27(24)33-31-25(21)16-17-37(9)32(31)30-22(2)28-18-23(19-35(3,4)5)14-15-26(28)29(34(30)38-33)20-36(6,7)8/h10-18H,19-20H2,1-9H3/q+1. The van der Waals surface area contributed by atoms with Crippen molar-refractivity contribution < 1.29 is 9.30 Å². The molecule has 0 saturated carbocycles. The van der Waals surface area contributed by atoms with Crippen LogP contribution in [0.4, 0.5) is 0 Å². The van der Waals surface area contributed by atoms with E-state index in [1.165, 1.54) is 65.8 Å². The van der Waals surface area contributed by atoms with E-state index in [0.29, 0.717) is 0 Å². The molecule has 1 aromatic heterocycles. The van der Waals surface area contributed by atoms with E-state index in [9.17, 15) is 0 Å². The van der Waals surface area contributed by atoms with Crippen LogP contribution in [0.25, 0.3) is 43.6 Å². The molecule has 2 nitrogen and oxygen atoms in total. The van der Waals surface area contributed by atoms with Gasteiger partial charge in [-0.25, -0.2) is 4.57 Å². The summed E-state index contributed by atoms with van der Waals surface area (Å²) in [6.45, 7) is 18.5. The van der Waals surface area contributed by atoms with E-state index in [1.807, 2.05) is 0 Å². The van der Waals surface area contributed by atoms with Crippen molar-refractivity contribution >= 4 is 32.3 Å². The molecule has 0 fully saturated rings. The first kappa shape index (κ1) is 24.9. The molecule has 4 aromatic carbocycles. The molecular weight excluding hydrogens is 462 g/mol. The lowest BCUT2D eigenvalue weighted by molar-refractivity contribution is -0.659. The Morgan fingerprint density at radius 1 is 0.684 bits per heavy atom. The number of aromatic nitrogens is 1. The average molecular weight is 503 g/mol. The molecule has 0 spiro atoms. The second-order valence-electron chi connectivity index (χ2n) is 13.8. The minimum absolute atomic E-state index is 0.118. The molecule has 0 radical (unpaired) electrons. The maximum absolute atomic E-state index is 7.14. The van der Waals surface area contributed by atoms with Crippen LogP contribution in [-0.4, -0.2) is 0 Å². The smallest absolute Gasteiger partial charge is 0.228 e. The Morgan fingerprint density at radius 3 is 2.05 bits per heavy atom. The predicted molar refractivity (Wildman–Crippen MR) is 161 cm³/mol. The van der Waals surface area contributed by atoms with Gasteiger partial charge in [0.05, 0.1) is 10.9 Å². The average Bonchev–Trinajstić information content (AvgIpc) is 2.83. The molecule has 0 atom stereocenters. The second kappa shape index (κ2) is 8.30. The zero-order valence-electron chi connectivity index (χ0n) is 24.5. The van der Waals surface area contributed by atoms with Crippen molar-refractivity contribution in [1.82, 2.24) is 0 Å². The van der Waals surface area contributed by atoms with Gasteiger partial charge in [-0.05, 0) is 70.4 Å². The Bertz CT molecular complexity index is 1780. The largest absolute Gasteiger partial charge is 0.455 e. The number of hydrogen-bond donors (Lipinski definition) is 0. The van der Waals surface area contributed by atoms with E-state index in [1.54, 1.807) is 0 Å². The van der Waals surface area contributed by atoms with Gasteiger partial charge >= 0.3 is 0 Å². The van der Waals surface area contributed by atoms with E-state index in [4.69, 9.17) is 4.74 Å². The molecule has 0 bridgehead atoms. The Balaban J connectivity index is 1.78. The van der Waals surface area contributed by atoms with Gasteiger partial charge in [-0.15, -0.1) is 0 Å². The van der Waals surface area contributed by atoms with Crippen LogP contribution in [-0.2, 0) is 19.9 Å². The normalized spacial score (nSPS) is 13.3. The highest BCUT2D eigenvalue weighted by Crippen LogP contribution is 2.54.